The van der Waals surface area contributed by atoms with Gasteiger partial charge in [0, 0.05) is 16.7 Å². The fourth-order valence-electron chi connectivity index (χ4n) is 2.51. The maximum Gasteiger partial charge on any atom is 0.321 e. The van der Waals surface area contributed by atoms with Crippen molar-refractivity contribution in [2.24, 2.45) is 0 Å². The van der Waals surface area contributed by atoms with Gasteiger partial charge in [-0.25, -0.2) is 8.42 Å². The minimum atomic E-state index is -3.88. The Morgan fingerprint density at radius 3 is 2.17 bits per heavy atom. The molecule has 9 heteroatoms. The molecule has 6 nitrogen and oxygen atoms in total. The molecule has 0 aliphatic carbocycles. The lowest BCUT2D eigenvalue weighted by Crippen LogP contribution is -2.33. The highest BCUT2D eigenvalue weighted by Crippen LogP contribution is 2.15. The van der Waals surface area contributed by atoms with Gasteiger partial charge in [0.25, 0.3) is 0 Å². The van der Waals surface area contributed by atoms with Crippen LogP contribution in [0.15, 0.2) is 54.6 Å². The summed E-state index contributed by atoms with van der Waals surface area (Å²) < 4.78 is 35.6. The van der Waals surface area contributed by atoms with Crippen LogP contribution in [0.5, 0.6) is 5.75 Å². The van der Waals surface area contributed by atoms with Gasteiger partial charge in [-0.15, -0.1) is 0 Å². The van der Waals surface area contributed by atoms with Crippen molar-refractivity contribution in [1.29, 1.82) is 0 Å². The van der Waals surface area contributed by atoms with E-state index in [0.29, 0.717) is 15.8 Å². The number of hydrogen-bond donors (Lipinski definition) is 1. The first-order chi connectivity index (χ1) is 14.3. The summed E-state index contributed by atoms with van der Waals surface area (Å²) in [6.07, 6.45) is 2.89. The molecular weight excluding hydrogens is 451 g/mol. The second-order valence-electron chi connectivity index (χ2n) is 6.31. The Morgan fingerprint density at radius 1 is 0.967 bits per heavy atom. The lowest BCUT2D eigenvalue weighted by atomic mass is 10.2. The van der Waals surface area contributed by atoms with Gasteiger partial charge in [-0.2, -0.15) is 0 Å². The Kier molecular flexibility index (Phi) is 9.65. The summed E-state index contributed by atoms with van der Waals surface area (Å²) in [5, 5.41) is 8.96. The number of halogens is 2. The Balaban J connectivity index is 1.77. The second-order valence-corrected chi connectivity index (χ2v) is 9.41. The van der Waals surface area contributed by atoms with Gasteiger partial charge in [-0.1, -0.05) is 47.5 Å². The molecule has 2 aromatic rings. The number of sulfone groups is 1. The summed E-state index contributed by atoms with van der Waals surface area (Å²) in [5.74, 6) is -1.15. The average Bonchev–Trinajstić information content (AvgIpc) is 2.69. The van der Waals surface area contributed by atoms with E-state index in [-0.39, 0.29) is 32.0 Å². The molecule has 0 aliphatic heterocycles. The highest BCUT2D eigenvalue weighted by molar-refractivity contribution is 7.92. The summed E-state index contributed by atoms with van der Waals surface area (Å²) in [6, 6.07) is 13.7. The fraction of sp³-hybridized carbons (Fsp3) is 0.286. The Hall–Kier alpha value is -2.06. The summed E-state index contributed by atoms with van der Waals surface area (Å²) in [4.78, 5) is 11.4. The summed E-state index contributed by atoms with van der Waals surface area (Å²) >= 11 is 11.6. The van der Waals surface area contributed by atoms with Crippen LogP contribution in [0.3, 0.4) is 0 Å². The van der Waals surface area contributed by atoms with E-state index in [0.717, 1.165) is 5.56 Å². The maximum atomic E-state index is 12.4. The molecule has 0 amide bonds. The molecule has 0 radical (unpaired) electrons. The highest BCUT2D eigenvalue weighted by atomic mass is 35.5. The van der Waals surface area contributed by atoms with Crippen molar-refractivity contribution in [2.75, 3.05) is 25.6 Å². The molecule has 30 heavy (non-hydrogen) atoms. The van der Waals surface area contributed by atoms with Gasteiger partial charge in [0.15, 0.2) is 15.1 Å². The minimum Gasteiger partial charge on any atom is -0.491 e. The number of rotatable bonds is 12. The minimum absolute atomic E-state index is 0.0128. The molecule has 0 fully saturated rings. The quantitative estimate of drug-likeness (QED) is 0.461. The first-order valence-electron chi connectivity index (χ1n) is 9.10. The van der Waals surface area contributed by atoms with E-state index in [4.69, 9.17) is 32.7 Å². The molecule has 0 aromatic heterocycles. The first kappa shape index (κ1) is 24.2. The van der Waals surface area contributed by atoms with Crippen LogP contribution in [0.4, 0.5) is 0 Å². The zero-order chi connectivity index (χ0) is 22.0. The SMILES string of the molecule is O=C(O)C(CCOCCOc1ccc(Cl)cc1)S(=O)(=O)C/C=C/c1ccc(Cl)cc1. The molecule has 1 N–H and O–H groups in total. The van der Waals surface area contributed by atoms with Crippen LogP contribution in [0.2, 0.25) is 10.0 Å². The van der Waals surface area contributed by atoms with Gasteiger partial charge in [0.2, 0.25) is 0 Å². The Morgan fingerprint density at radius 2 is 1.57 bits per heavy atom. The summed E-state index contributed by atoms with van der Waals surface area (Å²) in [5.41, 5.74) is 0.769. The fourth-order valence-corrected chi connectivity index (χ4v) is 4.12. The van der Waals surface area contributed by atoms with Crippen molar-refractivity contribution in [3.05, 3.63) is 70.2 Å². The van der Waals surface area contributed by atoms with E-state index < -0.39 is 21.1 Å². The highest BCUT2D eigenvalue weighted by Gasteiger charge is 2.31. The van der Waals surface area contributed by atoms with Crippen LogP contribution in [0.1, 0.15) is 12.0 Å². The molecule has 2 rings (SSSR count). The second kappa shape index (κ2) is 12.0. The van der Waals surface area contributed by atoms with Crippen LogP contribution in [0.25, 0.3) is 6.08 Å². The predicted octanol–water partition coefficient (Wildman–Crippen LogP) is 4.36. The zero-order valence-electron chi connectivity index (χ0n) is 16.0. The molecule has 1 atom stereocenters. The number of hydrogen-bond acceptors (Lipinski definition) is 5. The van der Waals surface area contributed by atoms with Crippen molar-refractivity contribution < 1.29 is 27.8 Å². The summed E-state index contributed by atoms with van der Waals surface area (Å²) in [7, 11) is -3.88. The van der Waals surface area contributed by atoms with Gasteiger partial charge in [-0.3, -0.25) is 4.79 Å². The lowest BCUT2D eigenvalue weighted by Gasteiger charge is -2.13. The van der Waals surface area contributed by atoms with Crippen LogP contribution in [-0.2, 0) is 19.4 Å². The van der Waals surface area contributed by atoms with E-state index in [1.165, 1.54) is 6.08 Å². The van der Waals surface area contributed by atoms with Crippen LogP contribution in [0, 0.1) is 0 Å². The molecule has 0 saturated heterocycles. The molecule has 0 saturated carbocycles. The molecule has 0 aliphatic rings. The van der Waals surface area contributed by atoms with Crippen LogP contribution in [-0.4, -0.2) is 50.3 Å². The molecule has 0 spiro atoms. The van der Waals surface area contributed by atoms with Gasteiger partial charge >= 0.3 is 5.97 Å². The summed E-state index contributed by atoms with van der Waals surface area (Å²) in [6.45, 7) is 0.433. The van der Waals surface area contributed by atoms with E-state index in [1.807, 2.05) is 0 Å². The third-order valence-electron chi connectivity index (χ3n) is 4.05. The number of ether oxygens (including phenoxy) is 2. The van der Waals surface area contributed by atoms with E-state index in [2.05, 4.69) is 0 Å². The Bertz CT molecular complexity index is 940. The number of carboxylic acids is 1. The Labute approximate surface area is 185 Å². The monoisotopic (exact) mass is 472 g/mol. The van der Waals surface area contributed by atoms with E-state index in [1.54, 1.807) is 54.6 Å². The molecular formula is C21H22Cl2O6S. The van der Waals surface area contributed by atoms with Gasteiger partial charge < -0.3 is 14.6 Å². The van der Waals surface area contributed by atoms with Crippen molar-refractivity contribution in [3.63, 3.8) is 0 Å². The molecule has 1 unspecified atom stereocenters. The predicted molar refractivity (Wildman–Crippen MR) is 118 cm³/mol. The topological polar surface area (TPSA) is 89.9 Å². The van der Waals surface area contributed by atoms with E-state index in [9.17, 15) is 18.3 Å². The van der Waals surface area contributed by atoms with Crippen molar-refractivity contribution in [3.8, 4) is 5.75 Å². The van der Waals surface area contributed by atoms with Crippen LogP contribution >= 0.6 is 23.2 Å². The largest absolute Gasteiger partial charge is 0.491 e. The van der Waals surface area contributed by atoms with E-state index >= 15 is 0 Å². The van der Waals surface area contributed by atoms with Crippen LogP contribution < -0.4 is 4.74 Å². The molecule has 0 bridgehead atoms. The number of carbonyl (C=O) groups is 1. The first-order valence-corrected chi connectivity index (χ1v) is 11.6. The van der Waals surface area contributed by atoms with Crippen molar-refractivity contribution in [1.82, 2.24) is 0 Å². The number of aliphatic carboxylic acids is 1. The number of carboxylic acid groups (broad SMARTS) is 1. The smallest absolute Gasteiger partial charge is 0.321 e. The zero-order valence-corrected chi connectivity index (χ0v) is 18.4. The lowest BCUT2D eigenvalue weighted by molar-refractivity contribution is -0.136. The van der Waals surface area contributed by atoms with Crippen molar-refractivity contribution >= 4 is 45.1 Å². The third kappa shape index (κ3) is 8.36. The van der Waals surface area contributed by atoms with Crippen molar-refractivity contribution in [2.45, 2.75) is 11.7 Å². The molecule has 162 valence electrons. The molecule has 0 heterocycles. The van der Waals surface area contributed by atoms with Gasteiger partial charge in [0.1, 0.15) is 12.4 Å². The van der Waals surface area contributed by atoms with Gasteiger partial charge in [0.05, 0.1) is 12.4 Å². The maximum absolute atomic E-state index is 12.4. The third-order valence-corrected chi connectivity index (χ3v) is 6.52. The van der Waals surface area contributed by atoms with Gasteiger partial charge in [-0.05, 0) is 48.4 Å². The number of benzene rings is 2. The normalized spacial score (nSPS) is 12.7. The standard InChI is InChI=1S/C21H22Cl2O6S/c22-17-5-3-16(4-6-17)2-1-15-30(26,27)20(21(24)25)11-12-28-13-14-29-19-9-7-18(23)8-10-19/h1-10,20H,11-15H2,(H,24,25)/b2-1+. The molecule has 2 aromatic carbocycles. The average molecular weight is 473 g/mol.